The summed E-state index contributed by atoms with van der Waals surface area (Å²) in [6.45, 7) is 2.23. The van der Waals surface area contributed by atoms with E-state index in [0.29, 0.717) is 23.2 Å². The molecule has 21 heavy (non-hydrogen) atoms. The number of aryl methyl sites for hydroxylation is 1. The first-order valence-corrected chi connectivity index (χ1v) is 6.55. The average molecular weight is 287 g/mol. The second-order valence-corrected chi connectivity index (χ2v) is 5.20. The number of hydrogen-bond donors (Lipinski definition) is 2. The Bertz CT molecular complexity index is 743. The van der Waals surface area contributed by atoms with E-state index in [2.05, 4.69) is 0 Å². The first kappa shape index (κ1) is 13.4. The number of halogens is 1. The van der Waals surface area contributed by atoms with Gasteiger partial charge in [-0.15, -0.1) is 0 Å². The van der Waals surface area contributed by atoms with E-state index in [4.69, 9.17) is 0 Å². The minimum absolute atomic E-state index is 0.206. The molecular formula is C16H14FNO3. The van der Waals surface area contributed by atoms with Gasteiger partial charge in [0.2, 0.25) is 0 Å². The third-order valence-electron chi connectivity index (χ3n) is 3.72. The van der Waals surface area contributed by atoms with Gasteiger partial charge in [0.25, 0.3) is 5.91 Å². The van der Waals surface area contributed by atoms with Crippen LogP contribution in [0.25, 0.3) is 0 Å². The largest absolute Gasteiger partial charge is 0.504 e. The van der Waals surface area contributed by atoms with Gasteiger partial charge in [-0.1, -0.05) is 12.1 Å². The molecule has 3 rings (SSSR count). The van der Waals surface area contributed by atoms with Crippen molar-refractivity contribution >= 4 is 5.91 Å². The Morgan fingerprint density at radius 1 is 1.24 bits per heavy atom. The highest BCUT2D eigenvalue weighted by Crippen LogP contribution is 2.37. The van der Waals surface area contributed by atoms with Gasteiger partial charge in [0.15, 0.2) is 11.5 Å². The Kier molecular flexibility index (Phi) is 3.05. The molecule has 0 saturated heterocycles. The van der Waals surface area contributed by atoms with E-state index >= 15 is 0 Å². The van der Waals surface area contributed by atoms with Crippen molar-refractivity contribution in [2.24, 2.45) is 0 Å². The third kappa shape index (κ3) is 2.20. The summed E-state index contributed by atoms with van der Waals surface area (Å²) in [6.07, 6.45) is 0. The molecule has 0 aliphatic carbocycles. The van der Waals surface area contributed by atoms with Crippen LogP contribution in [0.1, 0.15) is 27.0 Å². The highest BCUT2D eigenvalue weighted by molar-refractivity contribution is 5.99. The molecule has 0 radical (unpaired) electrons. The molecule has 5 heteroatoms. The van der Waals surface area contributed by atoms with Crippen LogP contribution in [0.4, 0.5) is 4.39 Å². The second-order valence-electron chi connectivity index (χ2n) is 5.20. The summed E-state index contributed by atoms with van der Waals surface area (Å²) < 4.78 is 13.3. The van der Waals surface area contributed by atoms with Crippen molar-refractivity contribution in [2.45, 2.75) is 20.0 Å². The number of hydrogen-bond acceptors (Lipinski definition) is 3. The first-order valence-electron chi connectivity index (χ1n) is 6.55. The number of amides is 1. The van der Waals surface area contributed by atoms with Crippen molar-refractivity contribution < 1.29 is 19.4 Å². The predicted molar refractivity (Wildman–Crippen MR) is 74.5 cm³/mol. The first-order chi connectivity index (χ1) is 9.97. The lowest BCUT2D eigenvalue weighted by Gasteiger charge is -2.16. The van der Waals surface area contributed by atoms with E-state index < -0.39 is 0 Å². The maximum absolute atomic E-state index is 13.3. The number of carbonyl (C=O) groups is 1. The molecule has 0 bridgehead atoms. The number of fused-ring (bicyclic) bond motifs is 1. The summed E-state index contributed by atoms with van der Waals surface area (Å²) >= 11 is 0. The Morgan fingerprint density at radius 3 is 2.71 bits per heavy atom. The fourth-order valence-electron chi connectivity index (χ4n) is 2.57. The lowest BCUT2D eigenvalue weighted by Crippen LogP contribution is -2.23. The summed E-state index contributed by atoms with van der Waals surface area (Å²) in [4.78, 5) is 13.8. The van der Waals surface area contributed by atoms with E-state index in [-0.39, 0.29) is 29.8 Å². The summed E-state index contributed by atoms with van der Waals surface area (Å²) in [5.41, 5.74) is 2.17. The minimum atomic E-state index is -0.280. The summed E-state index contributed by atoms with van der Waals surface area (Å²) in [5.74, 6) is -0.973. The number of phenols is 2. The zero-order chi connectivity index (χ0) is 15.1. The molecule has 1 heterocycles. The van der Waals surface area contributed by atoms with Gasteiger partial charge in [-0.25, -0.2) is 4.39 Å². The van der Waals surface area contributed by atoms with E-state index in [1.54, 1.807) is 24.0 Å². The van der Waals surface area contributed by atoms with Crippen LogP contribution in [0.3, 0.4) is 0 Å². The lowest BCUT2D eigenvalue weighted by atomic mass is 10.1. The number of carbonyl (C=O) groups excluding carboxylic acids is 1. The summed E-state index contributed by atoms with van der Waals surface area (Å²) in [7, 11) is 0. The fourth-order valence-corrected chi connectivity index (χ4v) is 2.57. The molecule has 1 aliphatic heterocycles. The molecule has 4 nitrogen and oxygen atoms in total. The number of phenolic OH excluding ortho intramolecular Hbond substituents is 2. The lowest BCUT2D eigenvalue weighted by molar-refractivity contribution is 0.0766. The van der Waals surface area contributed by atoms with E-state index in [1.165, 1.54) is 18.2 Å². The van der Waals surface area contributed by atoms with Gasteiger partial charge in [-0.3, -0.25) is 4.79 Å². The highest BCUT2D eigenvalue weighted by Gasteiger charge is 2.30. The number of aromatic hydroxyl groups is 2. The van der Waals surface area contributed by atoms with Gasteiger partial charge < -0.3 is 15.1 Å². The molecule has 0 unspecified atom stereocenters. The molecule has 0 saturated carbocycles. The smallest absolute Gasteiger partial charge is 0.254 e. The normalized spacial score (nSPS) is 13.6. The second kappa shape index (κ2) is 4.77. The Morgan fingerprint density at radius 2 is 2.00 bits per heavy atom. The number of nitrogens with zero attached hydrogens (tertiary/aromatic N) is 1. The number of benzene rings is 2. The minimum Gasteiger partial charge on any atom is -0.504 e. The van der Waals surface area contributed by atoms with Crippen molar-refractivity contribution in [1.29, 1.82) is 0 Å². The quantitative estimate of drug-likeness (QED) is 0.835. The van der Waals surface area contributed by atoms with Crippen LogP contribution in [0, 0.1) is 12.7 Å². The van der Waals surface area contributed by atoms with Crippen molar-refractivity contribution in [3.05, 3.63) is 58.4 Å². The van der Waals surface area contributed by atoms with Crippen molar-refractivity contribution in [3.63, 3.8) is 0 Å². The Labute approximate surface area is 121 Å². The van der Waals surface area contributed by atoms with Crippen LogP contribution >= 0.6 is 0 Å². The van der Waals surface area contributed by atoms with Gasteiger partial charge >= 0.3 is 0 Å². The molecule has 0 atom stereocenters. The third-order valence-corrected chi connectivity index (χ3v) is 3.72. The molecule has 1 amide bonds. The zero-order valence-corrected chi connectivity index (χ0v) is 11.4. The molecule has 0 fully saturated rings. The fraction of sp³-hybridized carbons (Fsp3) is 0.188. The van der Waals surface area contributed by atoms with Crippen molar-refractivity contribution in [3.8, 4) is 11.5 Å². The molecule has 2 aromatic rings. The van der Waals surface area contributed by atoms with E-state index in [1.807, 2.05) is 0 Å². The SMILES string of the molecule is Cc1cc(CN2Cc3c(ccc(O)c3O)C2=O)ccc1F. The maximum Gasteiger partial charge on any atom is 0.254 e. The van der Waals surface area contributed by atoms with Crippen LogP contribution in [0.2, 0.25) is 0 Å². The molecule has 1 aliphatic rings. The number of rotatable bonds is 2. The van der Waals surface area contributed by atoms with Gasteiger partial charge in [0.1, 0.15) is 5.82 Å². The molecular weight excluding hydrogens is 273 g/mol. The Balaban J connectivity index is 1.88. The monoisotopic (exact) mass is 287 g/mol. The van der Waals surface area contributed by atoms with Gasteiger partial charge in [-0.05, 0) is 36.2 Å². The molecule has 0 spiro atoms. The van der Waals surface area contributed by atoms with Gasteiger partial charge in [-0.2, -0.15) is 0 Å². The molecule has 2 N–H and O–H groups in total. The zero-order valence-electron chi connectivity index (χ0n) is 11.4. The van der Waals surface area contributed by atoms with E-state index in [9.17, 15) is 19.4 Å². The van der Waals surface area contributed by atoms with Gasteiger partial charge in [0.05, 0.1) is 6.54 Å². The van der Waals surface area contributed by atoms with Gasteiger partial charge in [0, 0.05) is 17.7 Å². The topological polar surface area (TPSA) is 60.8 Å². The van der Waals surface area contributed by atoms with Crippen molar-refractivity contribution in [1.82, 2.24) is 4.90 Å². The van der Waals surface area contributed by atoms with Crippen LogP contribution in [0.5, 0.6) is 11.5 Å². The Hall–Kier alpha value is -2.56. The van der Waals surface area contributed by atoms with Crippen LogP contribution in [-0.4, -0.2) is 21.0 Å². The van der Waals surface area contributed by atoms with Crippen LogP contribution < -0.4 is 0 Å². The van der Waals surface area contributed by atoms with Crippen molar-refractivity contribution in [2.75, 3.05) is 0 Å². The maximum atomic E-state index is 13.3. The van der Waals surface area contributed by atoms with Crippen LogP contribution in [-0.2, 0) is 13.1 Å². The summed E-state index contributed by atoms with van der Waals surface area (Å²) in [5, 5.41) is 19.3. The van der Waals surface area contributed by atoms with Crippen LogP contribution in [0.15, 0.2) is 30.3 Å². The van der Waals surface area contributed by atoms with E-state index in [0.717, 1.165) is 5.56 Å². The highest BCUT2D eigenvalue weighted by atomic mass is 19.1. The predicted octanol–water partition coefficient (Wildman–Crippen LogP) is 2.70. The molecule has 108 valence electrons. The summed E-state index contributed by atoms with van der Waals surface area (Å²) in [6, 6.07) is 7.51. The standard InChI is InChI=1S/C16H14FNO3/c1-9-6-10(2-4-13(9)17)7-18-8-12-11(16(18)21)3-5-14(19)15(12)20/h2-6,19-20H,7-8H2,1H3. The molecule has 0 aromatic heterocycles. The molecule has 2 aromatic carbocycles. The average Bonchev–Trinajstić information content (AvgIpc) is 2.76.